The van der Waals surface area contributed by atoms with Gasteiger partial charge in [0.25, 0.3) is 0 Å². The molecule has 0 saturated heterocycles. The SMILES string of the molecule is Cc1ncsc1CCOc1ccc(CN)cc1Br. The van der Waals surface area contributed by atoms with Gasteiger partial charge in [-0.1, -0.05) is 6.07 Å². The van der Waals surface area contributed by atoms with E-state index in [-0.39, 0.29) is 0 Å². The van der Waals surface area contributed by atoms with Crippen LogP contribution in [0.5, 0.6) is 5.75 Å². The van der Waals surface area contributed by atoms with Gasteiger partial charge in [-0.15, -0.1) is 11.3 Å². The van der Waals surface area contributed by atoms with Crippen molar-refractivity contribution in [3.05, 3.63) is 44.3 Å². The van der Waals surface area contributed by atoms with E-state index in [0.717, 1.165) is 27.9 Å². The minimum atomic E-state index is 0.541. The molecule has 0 atom stereocenters. The molecular weight excluding hydrogens is 312 g/mol. The van der Waals surface area contributed by atoms with Crippen LogP contribution in [0.4, 0.5) is 0 Å². The predicted molar refractivity (Wildman–Crippen MR) is 78.1 cm³/mol. The molecule has 0 aliphatic heterocycles. The van der Waals surface area contributed by atoms with Gasteiger partial charge in [-0.2, -0.15) is 0 Å². The minimum Gasteiger partial charge on any atom is -0.492 e. The van der Waals surface area contributed by atoms with Crippen molar-refractivity contribution in [2.45, 2.75) is 19.9 Å². The minimum absolute atomic E-state index is 0.541. The quantitative estimate of drug-likeness (QED) is 0.917. The van der Waals surface area contributed by atoms with Crippen LogP contribution in [0.25, 0.3) is 0 Å². The second-order valence-corrected chi connectivity index (χ2v) is 5.72. The Morgan fingerprint density at radius 3 is 2.89 bits per heavy atom. The number of aryl methyl sites for hydroxylation is 1. The smallest absolute Gasteiger partial charge is 0.133 e. The van der Waals surface area contributed by atoms with Crippen LogP contribution < -0.4 is 10.5 Å². The Morgan fingerprint density at radius 1 is 1.44 bits per heavy atom. The second-order valence-electron chi connectivity index (χ2n) is 3.93. The van der Waals surface area contributed by atoms with Crippen molar-refractivity contribution in [1.82, 2.24) is 4.98 Å². The van der Waals surface area contributed by atoms with Gasteiger partial charge in [0.05, 0.1) is 22.3 Å². The number of nitrogens with zero attached hydrogens (tertiary/aromatic N) is 1. The van der Waals surface area contributed by atoms with Gasteiger partial charge in [0.15, 0.2) is 0 Å². The fraction of sp³-hybridized carbons (Fsp3) is 0.308. The predicted octanol–water partition coefficient (Wildman–Crippen LogP) is 3.29. The first-order valence-corrected chi connectivity index (χ1v) is 7.38. The molecule has 0 aliphatic rings. The molecule has 1 aromatic carbocycles. The van der Waals surface area contributed by atoms with Crippen LogP contribution in [0.15, 0.2) is 28.2 Å². The first-order valence-electron chi connectivity index (χ1n) is 5.71. The van der Waals surface area contributed by atoms with Gasteiger partial charge in [0.1, 0.15) is 5.75 Å². The normalized spacial score (nSPS) is 10.6. The fourth-order valence-electron chi connectivity index (χ4n) is 1.61. The molecule has 18 heavy (non-hydrogen) atoms. The van der Waals surface area contributed by atoms with E-state index in [9.17, 15) is 0 Å². The topological polar surface area (TPSA) is 48.1 Å². The Balaban J connectivity index is 1.92. The number of hydrogen-bond donors (Lipinski definition) is 1. The number of hydrogen-bond acceptors (Lipinski definition) is 4. The van der Waals surface area contributed by atoms with Crippen molar-refractivity contribution >= 4 is 27.3 Å². The summed E-state index contributed by atoms with van der Waals surface area (Å²) in [6, 6.07) is 5.93. The Hall–Kier alpha value is -0.910. The maximum Gasteiger partial charge on any atom is 0.133 e. The Bertz CT molecular complexity index is 527. The first kappa shape index (κ1) is 13.5. The molecule has 1 aromatic heterocycles. The van der Waals surface area contributed by atoms with Crippen LogP contribution in [0.1, 0.15) is 16.1 Å². The molecule has 2 N–H and O–H groups in total. The lowest BCUT2D eigenvalue weighted by atomic mass is 10.2. The van der Waals surface area contributed by atoms with Gasteiger partial charge in [0, 0.05) is 17.8 Å². The van der Waals surface area contributed by atoms with E-state index in [4.69, 9.17) is 10.5 Å². The molecule has 0 aliphatic carbocycles. The second kappa shape index (κ2) is 6.31. The van der Waals surface area contributed by atoms with Crippen LogP contribution in [0.2, 0.25) is 0 Å². The fourth-order valence-corrected chi connectivity index (χ4v) is 2.91. The van der Waals surface area contributed by atoms with Crippen molar-refractivity contribution in [3.63, 3.8) is 0 Å². The summed E-state index contributed by atoms with van der Waals surface area (Å²) in [5.41, 5.74) is 9.64. The zero-order valence-corrected chi connectivity index (χ0v) is 12.6. The van der Waals surface area contributed by atoms with Crippen LogP contribution in [0.3, 0.4) is 0 Å². The third-order valence-corrected chi connectivity index (χ3v) is 4.28. The van der Waals surface area contributed by atoms with Crippen molar-refractivity contribution in [1.29, 1.82) is 0 Å². The van der Waals surface area contributed by atoms with E-state index >= 15 is 0 Å². The molecule has 0 saturated carbocycles. The molecule has 0 amide bonds. The number of rotatable bonds is 5. The van der Waals surface area contributed by atoms with Crippen LogP contribution in [-0.2, 0) is 13.0 Å². The van der Waals surface area contributed by atoms with E-state index < -0.39 is 0 Å². The molecule has 0 radical (unpaired) electrons. The summed E-state index contributed by atoms with van der Waals surface area (Å²) >= 11 is 5.17. The largest absolute Gasteiger partial charge is 0.492 e. The lowest BCUT2D eigenvalue weighted by molar-refractivity contribution is 0.320. The number of halogens is 1. The van der Waals surface area contributed by atoms with Crippen molar-refractivity contribution in [3.8, 4) is 5.75 Å². The average molecular weight is 327 g/mol. The van der Waals surface area contributed by atoms with E-state index in [1.807, 2.05) is 30.6 Å². The zero-order chi connectivity index (χ0) is 13.0. The van der Waals surface area contributed by atoms with Gasteiger partial charge in [-0.25, -0.2) is 4.98 Å². The van der Waals surface area contributed by atoms with Crippen molar-refractivity contribution in [2.24, 2.45) is 5.73 Å². The summed E-state index contributed by atoms with van der Waals surface area (Å²) in [7, 11) is 0. The first-order chi connectivity index (χ1) is 8.70. The highest BCUT2D eigenvalue weighted by Gasteiger charge is 2.04. The van der Waals surface area contributed by atoms with Gasteiger partial charge in [-0.05, 0) is 40.5 Å². The highest BCUT2D eigenvalue weighted by atomic mass is 79.9. The molecule has 2 rings (SSSR count). The maximum absolute atomic E-state index is 5.76. The number of aromatic nitrogens is 1. The third kappa shape index (κ3) is 3.31. The molecule has 5 heteroatoms. The summed E-state index contributed by atoms with van der Waals surface area (Å²) in [4.78, 5) is 5.50. The molecule has 2 aromatic rings. The maximum atomic E-state index is 5.76. The number of benzene rings is 1. The number of thiazole rings is 1. The van der Waals surface area contributed by atoms with Crippen LogP contribution >= 0.6 is 27.3 Å². The molecule has 0 bridgehead atoms. The highest BCUT2D eigenvalue weighted by Crippen LogP contribution is 2.26. The van der Waals surface area contributed by atoms with Crippen molar-refractivity contribution in [2.75, 3.05) is 6.61 Å². The monoisotopic (exact) mass is 326 g/mol. The number of ether oxygens (including phenoxy) is 1. The Kier molecular flexibility index (Phi) is 4.74. The molecule has 1 heterocycles. The van der Waals surface area contributed by atoms with Crippen molar-refractivity contribution < 1.29 is 4.74 Å². The Morgan fingerprint density at radius 2 is 2.28 bits per heavy atom. The standard InChI is InChI=1S/C13H15BrN2OS/c1-9-13(18-8-16-9)4-5-17-12-3-2-10(7-15)6-11(12)14/h2-3,6,8H,4-5,7,15H2,1H3. The Labute approximate surface area is 119 Å². The summed E-state index contributed by atoms with van der Waals surface area (Å²) in [5, 5.41) is 0. The summed E-state index contributed by atoms with van der Waals surface area (Å²) in [5.74, 6) is 0.856. The summed E-state index contributed by atoms with van der Waals surface area (Å²) in [6.45, 7) is 3.22. The molecule has 0 unspecified atom stereocenters. The molecule has 3 nitrogen and oxygen atoms in total. The van der Waals surface area contributed by atoms with Gasteiger partial charge in [0.2, 0.25) is 0 Å². The van der Waals surface area contributed by atoms with Crippen LogP contribution in [-0.4, -0.2) is 11.6 Å². The van der Waals surface area contributed by atoms with E-state index in [0.29, 0.717) is 13.2 Å². The van der Waals surface area contributed by atoms with Gasteiger partial charge >= 0.3 is 0 Å². The zero-order valence-electron chi connectivity index (χ0n) is 10.1. The lowest BCUT2D eigenvalue weighted by Gasteiger charge is -2.09. The highest BCUT2D eigenvalue weighted by molar-refractivity contribution is 9.10. The van der Waals surface area contributed by atoms with E-state index in [2.05, 4.69) is 20.9 Å². The average Bonchev–Trinajstić information content (AvgIpc) is 2.77. The molecule has 96 valence electrons. The van der Waals surface area contributed by atoms with E-state index in [1.165, 1.54) is 4.88 Å². The summed E-state index contributed by atoms with van der Waals surface area (Å²) < 4.78 is 6.71. The van der Waals surface area contributed by atoms with Crippen LogP contribution in [0, 0.1) is 6.92 Å². The number of nitrogens with two attached hydrogens (primary N) is 1. The van der Waals surface area contributed by atoms with E-state index in [1.54, 1.807) is 11.3 Å². The summed E-state index contributed by atoms with van der Waals surface area (Å²) in [6.07, 6.45) is 0.890. The molecular formula is C13H15BrN2OS. The van der Waals surface area contributed by atoms with Gasteiger partial charge < -0.3 is 10.5 Å². The van der Waals surface area contributed by atoms with Gasteiger partial charge in [-0.3, -0.25) is 0 Å². The molecule has 0 spiro atoms. The molecule has 0 fully saturated rings. The lowest BCUT2D eigenvalue weighted by Crippen LogP contribution is -2.02. The third-order valence-electron chi connectivity index (χ3n) is 2.66.